The van der Waals surface area contributed by atoms with Crippen LogP contribution in [0, 0.1) is 0 Å². The summed E-state index contributed by atoms with van der Waals surface area (Å²) < 4.78 is 14.5. The molecule has 0 heterocycles. The van der Waals surface area contributed by atoms with Crippen LogP contribution in [0.3, 0.4) is 0 Å². The molecule has 0 radical (unpaired) electrons. The summed E-state index contributed by atoms with van der Waals surface area (Å²) in [6.07, 6.45) is 2.20. The van der Waals surface area contributed by atoms with Crippen molar-refractivity contribution >= 4 is 8.69 Å². The van der Waals surface area contributed by atoms with Crippen molar-refractivity contribution in [2.45, 2.75) is 32.8 Å². The van der Waals surface area contributed by atoms with Crippen LogP contribution in [0.5, 0.6) is 0 Å². The van der Waals surface area contributed by atoms with Gasteiger partial charge >= 0.3 is 8.69 Å². The van der Waals surface area contributed by atoms with Crippen LogP contribution in [-0.2, 0) is 28.6 Å². The smallest absolute Gasteiger partial charge is 0.291 e. The molecule has 0 aromatic heterocycles. The molecule has 0 aromatic rings. The topological polar surface area (TPSA) is 26.3 Å². The van der Waals surface area contributed by atoms with Gasteiger partial charge in [-0.25, -0.2) is 4.57 Å². The predicted octanol–water partition coefficient (Wildman–Crippen LogP) is 2.40. The van der Waals surface area contributed by atoms with Crippen LogP contribution in [0.1, 0.15) is 26.7 Å². The van der Waals surface area contributed by atoms with Crippen LogP contribution < -0.4 is 0 Å². The van der Waals surface area contributed by atoms with Crippen molar-refractivity contribution in [3.63, 3.8) is 0 Å². The van der Waals surface area contributed by atoms with Gasteiger partial charge < -0.3 is 0 Å². The van der Waals surface area contributed by atoms with E-state index in [0.717, 1.165) is 12.8 Å². The fourth-order valence-corrected chi connectivity index (χ4v) is 0.785. The molecule has 0 aliphatic rings. The summed E-state index contributed by atoms with van der Waals surface area (Å²) in [7, 11) is -0.201. The van der Waals surface area contributed by atoms with Gasteiger partial charge in [-0.3, -0.25) is 4.52 Å². The van der Waals surface area contributed by atoms with E-state index >= 15 is 0 Å². The second-order valence-corrected chi connectivity index (χ2v) is 2.14. The van der Waals surface area contributed by atoms with Gasteiger partial charge in [0.05, 0.1) is 6.10 Å². The molecule has 1 unspecified atom stereocenters. The number of hydrogen-bond acceptors (Lipinski definition) is 2. The fraction of sp³-hybridized carbons (Fsp3) is 1.00. The minimum absolute atomic E-state index is 0. The molecule has 1 atom stereocenters. The van der Waals surface area contributed by atoms with Crippen LogP contribution in [-0.4, -0.2) is 6.10 Å². The Bertz CT molecular complexity index is 70.0. The maximum Gasteiger partial charge on any atom is 0.327 e. The van der Waals surface area contributed by atoms with Gasteiger partial charge in [0.15, 0.2) is 0 Å². The Morgan fingerprint density at radius 2 is 2.22 bits per heavy atom. The second-order valence-electron chi connectivity index (χ2n) is 1.78. The standard InChI is InChI=1S/C5H11O2P.Zn/c1-3-4-5(2)7-8-6;/h5H,3-4H2,1-2H3;. The van der Waals surface area contributed by atoms with Crippen molar-refractivity contribution in [2.24, 2.45) is 0 Å². The van der Waals surface area contributed by atoms with Crippen LogP contribution in [0.2, 0.25) is 0 Å². The summed E-state index contributed by atoms with van der Waals surface area (Å²) in [6, 6.07) is 0. The normalized spacial score (nSPS) is 12.7. The van der Waals surface area contributed by atoms with Gasteiger partial charge in [-0.15, -0.1) is 0 Å². The van der Waals surface area contributed by atoms with Gasteiger partial charge in [-0.1, -0.05) is 13.3 Å². The molecule has 0 rings (SSSR count). The SMILES string of the molecule is CCCC(C)OP=O.[Zn]. The molecular weight excluding hydrogens is 188 g/mol. The summed E-state index contributed by atoms with van der Waals surface area (Å²) in [4.78, 5) is 0. The zero-order valence-electron chi connectivity index (χ0n) is 5.96. The Hall–Kier alpha value is 0.683. The first-order valence-electron chi connectivity index (χ1n) is 2.79. The van der Waals surface area contributed by atoms with E-state index < -0.39 is 0 Å². The number of hydrogen-bond donors (Lipinski definition) is 0. The van der Waals surface area contributed by atoms with Gasteiger partial charge in [0.2, 0.25) is 0 Å². The summed E-state index contributed by atoms with van der Waals surface area (Å²) in [6.45, 7) is 3.98. The van der Waals surface area contributed by atoms with E-state index in [2.05, 4.69) is 6.92 Å². The molecule has 0 saturated heterocycles. The van der Waals surface area contributed by atoms with Crippen molar-refractivity contribution in [3.8, 4) is 0 Å². The molecular formula is C5H11O2PZn. The molecule has 0 aromatic carbocycles. The average molecular weight is 200 g/mol. The Morgan fingerprint density at radius 3 is 2.56 bits per heavy atom. The summed E-state index contributed by atoms with van der Waals surface area (Å²) in [5.74, 6) is 0. The third kappa shape index (κ3) is 8.68. The van der Waals surface area contributed by atoms with Crippen LogP contribution in [0.25, 0.3) is 0 Å². The van der Waals surface area contributed by atoms with E-state index in [1.54, 1.807) is 0 Å². The Morgan fingerprint density at radius 1 is 1.67 bits per heavy atom. The molecule has 0 aliphatic heterocycles. The Balaban J connectivity index is 0. The zero-order chi connectivity index (χ0) is 6.41. The van der Waals surface area contributed by atoms with Gasteiger partial charge in [0, 0.05) is 19.5 Å². The molecule has 0 amide bonds. The molecule has 0 bridgehead atoms. The minimum Gasteiger partial charge on any atom is -0.291 e. The molecule has 0 spiro atoms. The molecule has 0 saturated carbocycles. The molecule has 2 nitrogen and oxygen atoms in total. The summed E-state index contributed by atoms with van der Waals surface area (Å²) >= 11 is 0. The summed E-state index contributed by atoms with van der Waals surface area (Å²) in [5, 5.41) is 0. The quantitative estimate of drug-likeness (QED) is 0.513. The molecule has 0 aliphatic carbocycles. The summed E-state index contributed by atoms with van der Waals surface area (Å²) in [5.41, 5.74) is 0. The van der Waals surface area contributed by atoms with E-state index in [1.165, 1.54) is 0 Å². The minimum atomic E-state index is -0.201. The van der Waals surface area contributed by atoms with Gasteiger partial charge in [0.25, 0.3) is 0 Å². The largest absolute Gasteiger partial charge is 0.327 e. The van der Waals surface area contributed by atoms with Crippen LogP contribution in [0.15, 0.2) is 0 Å². The maximum absolute atomic E-state index is 9.77. The van der Waals surface area contributed by atoms with Crippen molar-refractivity contribution in [1.29, 1.82) is 0 Å². The van der Waals surface area contributed by atoms with Crippen molar-refractivity contribution < 1.29 is 28.6 Å². The fourth-order valence-electron chi connectivity index (χ4n) is 0.533. The first kappa shape index (κ1) is 12.4. The van der Waals surface area contributed by atoms with Crippen molar-refractivity contribution in [2.75, 3.05) is 0 Å². The maximum atomic E-state index is 9.77. The van der Waals surface area contributed by atoms with E-state index in [9.17, 15) is 4.57 Å². The molecule has 9 heavy (non-hydrogen) atoms. The first-order valence-corrected chi connectivity index (χ1v) is 3.52. The molecule has 0 N–H and O–H groups in total. The van der Waals surface area contributed by atoms with E-state index in [-0.39, 0.29) is 34.3 Å². The third-order valence-corrected chi connectivity index (χ3v) is 1.36. The number of rotatable bonds is 4. The van der Waals surface area contributed by atoms with Gasteiger partial charge in [-0.2, -0.15) is 0 Å². The van der Waals surface area contributed by atoms with E-state index in [1.807, 2.05) is 6.92 Å². The molecule has 50 valence electrons. The third-order valence-electron chi connectivity index (χ3n) is 0.918. The molecule has 4 heteroatoms. The Labute approximate surface area is 70.4 Å². The van der Waals surface area contributed by atoms with E-state index in [4.69, 9.17) is 4.52 Å². The second kappa shape index (κ2) is 8.68. The van der Waals surface area contributed by atoms with Crippen LogP contribution >= 0.6 is 8.69 Å². The average Bonchev–Trinajstić information content (AvgIpc) is 1.68. The monoisotopic (exact) mass is 198 g/mol. The Kier molecular flexibility index (Phi) is 11.9. The van der Waals surface area contributed by atoms with Crippen molar-refractivity contribution in [1.82, 2.24) is 0 Å². The van der Waals surface area contributed by atoms with E-state index in [0.29, 0.717) is 0 Å². The first-order chi connectivity index (χ1) is 3.81. The molecule has 0 fully saturated rings. The van der Waals surface area contributed by atoms with Gasteiger partial charge in [0.1, 0.15) is 0 Å². The van der Waals surface area contributed by atoms with Crippen molar-refractivity contribution in [3.05, 3.63) is 0 Å². The zero-order valence-corrected chi connectivity index (χ0v) is 9.82. The van der Waals surface area contributed by atoms with Gasteiger partial charge in [-0.05, 0) is 13.3 Å². The van der Waals surface area contributed by atoms with Crippen LogP contribution in [0.4, 0.5) is 0 Å². The predicted molar refractivity (Wildman–Crippen MR) is 33.1 cm³/mol.